The van der Waals surface area contributed by atoms with E-state index in [1.807, 2.05) is 0 Å². The van der Waals surface area contributed by atoms with Gasteiger partial charge in [-0.25, -0.2) is 4.79 Å². The first-order chi connectivity index (χ1) is 7.61. The van der Waals surface area contributed by atoms with E-state index in [2.05, 4.69) is 4.98 Å². The van der Waals surface area contributed by atoms with Crippen molar-refractivity contribution >= 4 is 0 Å². The van der Waals surface area contributed by atoms with Crippen LogP contribution in [0.1, 0.15) is 6.23 Å². The van der Waals surface area contributed by atoms with Crippen LogP contribution in [-0.2, 0) is 4.74 Å². The van der Waals surface area contributed by atoms with Crippen LogP contribution >= 0.6 is 0 Å². The molecule has 2 heterocycles. The molecule has 0 unspecified atom stereocenters. The van der Waals surface area contributed by atoms with Gasteiger partial charge in [-0.2, -0.15) is 0 Å². The standard InChI is InChI=1S/C9H10N2O5/c12-4-6-5(13)3-8(16-6)11-2-1-7(14)10-9(11)15/h1-3,6,8,12-13H,4H2,(H,10,14,15)/t6-,8-/m1/s1. The van der Waals surface area contributed by atoms with E-state index in [1.54, 1.807) is 0 Å². The highest BCUT2D eigenvalue weighted by atomic mass is 16.5. The molecular weight excluding hydrogens is 216 g/mol. The van der Waals surface area contributed by atoms with E-state index < -0.39 is 23.6 Å². The third-order valence-electron chi connectivity index (χ3n) is 2.24. The molecule has 0 bridgehead atoms. The minimum atomic E-state index is -0.830. The summed E-state index contributed by atoms with van der Waals surface area (Å²) in [5.74, 6) is -0.134. The summed E-state index contributed by atoms with van der Waals surface area (Å²) < 4.78 is 6.28. The number of hydrogen-bond acceptors (Lipinski definition) is 5. The largest absolute Gasteiger partial charge is 0.510 e. The van der Waals surface area contributed by atoms with Crippen LogP contribution in [0.3, 0.4) is 0 Å². The van der Waals surface area contributed by atoms with Gasteiger partial charge >= 0.3 is 5.69 Å². The number of aliphatic hydroxyl groups is 2. The van der Waals surface area contributed by atoms with Crippen molar-refractivity contribution in [3.05, 3.63) is 44.9 Å². The number of nitrogens with one attached hydrogen (secondary N) is 1. The topological polar surface area (TPSA) is 105 Å². The van der Waals surface area contributed by atoms with Gasteiger partial charge in [-0.15, -0.1) is 0 Å². The second-order valence-corrected chi connectivity index (χ2v) is 3.31. The fourth-order valence-corrected chi connectivity index (χ4v) is 1.44. The summed E-state index contributed by atoms with van der Waals surface area (Å²) in [6, 6.07) is 1.17. The van der Waals surface area contributed by atoms with Crippen LogP contribution in [0.15, 0.2) is 33.7 Å². The quantitative estimate of drug-likeness (QED) is 0.591. The molecule has 1 aliphatic rings. The van der Waals surface area contributed by atoms with E-state index in [0.717, 1.165) is 4.57 Å². The fraction of sp³-hybridized carbons (Fsp3) is 0.333. The molecular formula is C9H10N2O5. The smallest absolute Gasteiger partial charge is 0.330 e. The fourth-order valence-electron chi connectivity index (χ4n) is 1.44. The molecule has 86 valence electrons. The molecule has 0 aromatic carbocycles. The van der Waals surface area contributed by atoms with Crippen molar-refractivity contribution in [3.8, 4) is 0 Å². The molecule has 0 radical (unpaired) electrons. The Balaban J connectivity index is 2.34. The summed E-state index contributed by atoms with van der Waals surface area (Å²) in [5, 5.41) is 18.2. The Morgan fingerprint density at radius 3 is 2.81 bits per heavy atom. The van der Waals surface area contributed by atoms with Crippen molar-refractivity contribution < 1.29 is 14.9 Å². The summed E-state index contributed by atoms with van der Waals surface area (Å²) in [6.07, 6.45) is 0.904. The van der Waals surface area contributed by atoms with Gasteiger partial charge in [0.05, 0.1) is 6.61 Å². The van der Waals surface area contributed by atoms with Gasteiger partial charge in [0.1, 0.15) is 11.9 Å². The Morgan fingerprint density at radius 2 is 2.25 bits per heavy atom. The highest BCUT2D eigenvalue weighted by Crippen LogP contribution is 2.23. The first-order valence-corrected chi connectivity index (χ1v) is 4.60. The molecule has 2 rings (SSSR count). The zero-order valence-corrected chi connectivity index (χ0v) is 8.16. The third kappa shape index (κ3) is 1.77. The SMILES string of the molecule is O=c1ccn([C@H]2C=C(O)[C@@H](CO)O2)c(=O)[nH]1. The summed E-state index contributed by atoms with van der Waals surface area (Å²) in [4.78, 5) is 24.3. The van der Waals surface area contributed by atoms with Crippen LogP contribution in [0.2, 0.25) is 0 Å². The Labute approximate surface area is 89.2 Å². The van der Waals surface area contributed by atoms with Gasteiger partial charge in [0.15, 0.2) is 6.23 Å². The molecule has 0 spiro atoms. The molecule has 1 aromatic heterocycles. The van der Waals surface area contributed by atoms with E-state index in [0.29, 0.717) is 0 Å². The number of aliphatic hydroxyl groups excluding tert-OH is 2. The van der Waals surface area contributed by atoms with Crippen molar-refractivity contribution in [1.82, 2.24) is 9.55 Å². The van der Waals surface area contributed by atoms with Crippen LogP contribution in [-0.4, -0.2) is 32.5 Å². The molecule has 7 nitrogen and oxygen atoms in total. The predicted octanol–water partition coefficient (Wildman–Crippen LogP) is -1.13. The Morgan fingerprint density at radius 1 is 1.50 bits per heavy atom. The Kier molecular flexibility index (Phi) is 2.63. The molecule has 0 saturated carbocycles. The maximum Gasteiger partial charge on any atom is 0.330 e. The Bertz CT molecular complexity index is 529. The second-order valence-electron chi connectivity index (χ2n) is 3.31. The molecule has 0 amide bonds. The number of ether oxygens (including phenoxy) is 1. The van der Waals surface area contributed by atoms with E-state index in [4.69, 9.17) is 9.84 Å². The molecule has 16 heavy (non-hydrogen) atoms. The van der Waals surface area contributed by atoms with Gasteiger partial charge in [0, 0.05) is 18.3 Å². The molecule has 0 saturated heterocycles. The van der Waals surface area contributed by atoms with Crippen LogP contribution in [0.4, 0.5) is 0 Å². The third-order valence-corrected chi connectivity index (χ3v) is 2.24. The van der Waals surface area contributed by atoms with Gasteiger partial charge in [-0.05, 0) is 0 Å². The normalized spacial score (nSPS) is 24.4. The van der Waals surface area contributed by atoms with E-state index in [1.165, 1.54) is 18.3 Å². The Hall–Kier alpha value is -1.86. The highest BCUT2D eigenvalue weighted by Gasteiger charge is 2.27. The van der Waals surface area contributed by atoms with Gasteiger partial charge in [-0.3, -0.25) is 14.3 Å². The van der Waals surface area contributed by atoms with Crippen molar-refractivity contribution in [2.45, 2.75) is 12.3 Å². The van der Waals surface area contributed by atoms with Crippen LogP contribution in [0, 0.1) is 0 Å². The lowest BCUT2D eigenvalue weighted by atomic mass is 10.3. The summed E-state index contributed by atoms with van der Waals surface area (Å²) in [5.41, 5.74) is -1.15. The summed E-state index contributed by atoms with van der Waals surface area (Å²) in [7, 11) is 0. The van der Waals surface area contributed by atoms with Gasteiger partial charge < -0.3 is 14.9 Å². The first kappa shape index (κ1) is 10.7. The van der Waals surface area contributed by atoms with Crippen LogP contribution < -0.4 is 11.2 Å². The number of aromatic amines is 1. The number of hydrogen-bond donors (Lipinski definition) is 3. The number of aromatic nitrogens is 2. The minimum Gasteiger partial charge on any atom is -0.510 e. The van der Waals surface area contributed by atoms with E-state index >= 15 is 0 Å². The first-order valence-electron chi connectivity index (χ1n) is 4.60. The monoisotopic (exact) mass is 226 g/mol. The summed E-state index contributed by atoms with van der Waals surface area (Å²) >= 11 is 0. The number of H-pyrrole nitrogens is 1. The molecule has 1 aliphatic heterocycles. The maximum absolute atomic E-state index is 11.4. The van der Waals surface area contributed by atoms with Crippen LogP contribution in [0.25, 0.3) is 0 Å². The average molecular weight is 226 g/mol. The maximum atomic E-state index is 11.4. The highest BCUT2D eigenvalue weighted by molar-refractivity contribution is 5.08. The molecule has 2 atom stereocenters. The van der Waals surface area contributed by atoms with Crippen molar-refractivity contribution in [2.24, 2.45) is 0 Å². The lowest BCUT2D eigenvalue weighted by Gasteiger charge is -2.13. The van der Waals surface area contributed by atoms with Gasteiger partial charge in [-0.1, -0.05) is 0 Å². The van der Waals surface area contributed by atoms with E-state index in [9.17, 15) is 14.7 Å². The zero-order valence-electron chi connectivity index (χ0n) is 8.16. The summed E-state index contributed by atoms with van der Waals surface area (Å²) in [6.45, 7) is -0.378. The van der Waals surface area contributed by atoms with Gasteiger partial charge in [0.25, 0.3) is 5.56 Å². The van der Waals surface area contributed by atoms with Gasteiger partial charge in [0.2, 0.25) is 0 Å². The number of nitrogens with zero attached hydrogens (tertiary/aromatic N) is 1. The second kappa shape index (κ2) is 3.95. The molecule has 7 heteroatoms. The van der Waals surface area contributed by atoms with Crippen molar-refractivity contribution in [2.75, 3.05) is 6.61 Å². The number of rotatable bonds is 2. The lowest BCUT2D eigenvalue weighted by Crippen LogP contribution is -2.32. The zero-order chi connectivity index (χ0) is 11.7. The van der Waals surface area contributed by atoms with E-state index in [-0.39, 0.29) is 12.4 Å². The lowest BCUT2D eigenvalue weighted by molar-refractivity contribution is -0.0250. The molecule has 0 aliphatic carbocycles. The molecule has 3 N–H and O–H groups in total. The molecule has 1 aromatic rings. The molecule has 0 fully saturated rings. The van der Waals surface area contributed by atoms with Crippen molar-refractivity contribution in [3.63, 3.8) is 0 Å². The average Bonchev–Trinajstić information content (AvgIpc) is 2.59. The minimum absolute atomic E-state index is 0.134. The predicted molar refractivity (Wildman–Crippen MR) is 53.0 cm³/mol. The van der Waals surface area contributed by atoms with Crippen molar-refractivity contribution in [1.29, 1.82) is 0 Å². The van der Waals surface area contributed by atoms with Crippen LogP contribution in [0.5, 0.6) is 0 Å².